The van der Waals surface area contributed by atoms with Crippen molar-refractivity contribution in [2.75, 3.05) is 54.1 Å². The van der Waals surface area contributed by atoms with E-state index < -0.39 is 6.03 Å². The van der Waals surface area contributed by atoms with Crippen molar-refractivity contribution in [2.45, 2.75) is 6.92 Å². The van der Waals surface area contributed by atoms with Gasteiger partial charge in [-0.1, -0.05) is 29.8 Å². The van der Waals surface area contributed by atoms with Crippen molar-refractivity contribution in [3.63, 3.8) is 0 Å². The summed E-state index contributed by atoms with van der Waals surface area (Å²) >= 11 is 6.54. The first kappa shape index (κ1) is 24.2. The molecule has 4 amide bonds. The Labute approximate surface area is 209 Å². The van der Waals surface area contributed by atoms with Crippen LogP contribution < -0.4 is 25.6 Å². The average Bonchev–Trinajstić information content (AvgIpc) is 2.86. The number of carbonyl (C=O) groups excluding carboxylic acids is 2. The van der Waals surface area contributed by atoms with E-state index in [9.17, 15) is 9.59 Å². The maximum atomic E-state index is 12.6. The summed E-state index contributed by atoms with van der Waals surface area (Å²) in [5.41, 5.74) is 2.89. The first-order chi connectivity index (χ1) is 16.9. The Hall–Kier alpha value is -3.98. The van der Waals surface area contributed by atoms with Crippen LogP contribution in [-0.4, -0.2) is 55.2 Å². The maximum Gasteiger partial charge on any atom is 0.323 e. The number of aryl methyl sites for hydroxylation is 1. The second-order valence-electron chi connectivity index (χ2n) is 8.02. The van der Waals surface area contributed by atoms with Crippen molar-refractivity contribution in [1.29, 1.82) is 0 Å². The van der Waals surface area contributed by atoms with Crippen LogP contribution in [0.2, 0.25) is 5.02 Å². The number of aromatic nitrogens is 1. The molecule has 0 saturated carbocycles. The predicted molar refractivity (Wildman–Crippen MR) is 139 cm³/mol. The van der Waals surface area contributed by atoms with Gasteiger partial charge in [0.05, 0.1) is 23.5 Å². The highest BCUT2D eigenvalue weighted by Gasteiger charge is 2.23. The number of hydrogen-bond acceptors (Lipinski definition) is 5. The molecule has 0 unspecified atom stereocenters. The zero-order valence-electron chi connectivity index (χ0n) is 19.5. The Morgan fingerprint density at radius 3 is 2.46 bits per heavy atom. The van der Waals surface area contributed by atoms with Gasteiger partial charge in [-0.3, -0.25) is 5.32 Å². The lowest BCUT2D eigenvalue weighted by atomic mass is 10.2. The van der Waals surface area contributed by atoms with Gasteiger partial charge in [-0.25, -0.2) is 14.6 Å². The molecule has 2 aromatic carbocycles. The van der Waals surface area contributed by atoms with E-state index in [1.165, 1.54) is 0 Å². The second kappa shape index (κ2) is 11.0. The summed E-state index contributed by atoms with van der Waals surface area (Å²) in [6, 6.07) is 15.7. The van der Waals surface area contributed by atoms with E-state index in [2.05, 4.69) is 25.8 Å². The van der Waals surface area contributed by atoms with Crippen LogP contribution in [0.3, 0.4) is 0 Å². The molecule has 1 aliphatic rings. The summed E-state index contributed by atoms with van der Waals surface area (Å²) in [7, 11) is 1.55. The van der Waals surface area contributed by atoms with Crippen LogP contribution in [0.5, 0.6) is 5.75 Å². The lowest BCUT2D eigenvalue weighted by molar-refractivity contribution is 0.208. The van der Waals surface area contributed by atoms with Gasteiger partial charge >= 0.3 is 12.1 Å². The topological polar surface area (TPSA) is 98.8 Å². The number of benzene rings is 2. The Balaban J connectivity index is 1.32. The van der Waals surface area contributed by atoms with E-state index >= 15 is 0 Å². The molecule has 1 aromatic heterocycles. The number of anilines is 4. The molecule has 0 aliphatic carbocycles. The number of nitrogens with one attached hydrogen (secondary N) is 3. The first-order valence-corrected chi connectivity index (χ1v) is 11.6. The highest BCUT2D eigenvalue weighted by atomic mass is 35.5. The van der Waals surface area contributed by atoms with Crippen LogP contribution in [-0.2, 0) is 0 Å². The minimum atomic E-state index is -0.402. The minimum absolute atomic E-state index is 0.168. The van der Waals surface area contributed by atoms with Gasteiger partial charge in [0.1, 0.15) is 11.6 Å². The molecule has 0 atom stereocenters. The fourth-order valence-electron chi connectivity index (χ4n) is 3.82. The molecule has 4 rings (SSSR count). The summed E-state index contributed by atoms with van der Waals surface area (Å²) in [5, 5.41) is 8.94. The zero-order valence-corrected chi connectivity index (χ0v) is 20.3. The third kappa shape index (κ3) is 5.93. The summed E-state index contributed by atoms with van der Waals surface area (Å²) in [6.07, 6.45) is 1.66. The number of para-hydroxylation sites is 2. The molecule has 0 bridgehead atoms. The van der Waals surface area contributed by atoms with Gasteiger partial charge in [0.2, 0.25) is 0 Å². The molecule has 1 fully saturated rings. The molecular formula is C25H27ClN6O3. The minimum Gasteiger partial charge on any atom is -0.495 e. The van der Waals surface area contributed by atoms with Crippen LogP contribution in [0.4, 0.5) is 32.5 Å². The molecule has 10 heteroatoms. The van der Waals surface area contributed by atoms with E-state index in [1.54, 1.807) is 42.5 Å². The standard InChI is InChI=1S/C25H27ClN6O3/c1-17-6-5-11-27-23(17)30-25(34)32-14-12-31(13-15-32)21-10-9-18(16-19(21)26)28-24(33)29-20-7-3-4-8-22(20)35-2/h3-11,16H,12-15H2,1-2H3,(H,27,30,34)(H2,28,29,33). The Kier molecular flexibility index (Phi) is 7.57. The van der Waals surface area contributed by atoms with Crippen molar-refractivity contribution in [3.8, 4) is 5.75 Å². The number of pyridine rings is 1. The lowest BCUT2D eigenvalue weighted by Gasteiger charge is -2.36. The van der Waals surface area contributed by atoms with Crippen LogP contribution in [0.25, 0.3) is 0 Å². The predicted octanol–water partition coefficient (Wildman–Crippen LogP) is 5.05. The number of hydrogen-bond donors (Lipinski definition) is 3. The number of carbonyl (C=O) groups is 2. The molecular weight excluding hydrogens is 468 g/mol. The fourth-order valence-corrected chi connectivity index (χ4v) is 4.12. The molecule has 182 valence electrons. The van der Waals surface area contributed by atoms with Crippen LogP contribution >= 0.6 is 11.6 Å². The van der Waals surface area contributed by atoms with E-state index in [1.807, 2.05) is 37.3 Å². The number of amides is 4. The van der Waals surface area contributed by atoms with Crippen LogP contribution in [0.15, 0.2) is 60.8 Å². The van der Waals surface area contributed by atoms with E-state index in [0.29, 0.717) is 54.1 Å². The largest absolute Gasteiger partial charge is 0.495 e. The van der Waals surface area contributed by atoms with Gasteiger partial charge in [-0.2, -0.15) is 0 Å². The third-order valence-corrected chi connectivity index (χ3v) is 6.01. The van der Waals surface area contributed by atoms with Crippen molar-refractivity contribution in [3.05, 3.63) is 71.4 Å². The molecule has 3 N–H and O–H groups in total. The summed E-state index contributed by atoms with van der Waals surface area (Å²) < 4.78 is 5.25. The van der Waals surface area contributed by atoms with Gasteiger partial charge in [-0.15, -0.1) is 0 Å². The molecule has 0 spiro atoms. The maximum absolute atomic E-state index is 12.6. The van der Waals surface area contributed by atoms with E-state index in [0.717, 1.165) is 11.3 Å². The quantitative estimate of drug-likeness (QED) is 0.461. The number of rotatable bonds is 5. The SMILES string of the molecule is COc1ccccc1NC(=O)Nc1ccc(N2CCN(C(=O)Nc3ncccc3C)CC2)c(Cl)c1. The highest BCUT2D eigenvalue weighted by Crippen LogP contribution is 2.30. The third-order valence-electron chi connectivity index (χ3n) is 5.70. The molecule has 35 heavy (non-hydrogen) atoms. The van der Waals surface area contributed by atoms with Gasteiger partial charge in [0.15, 0.2) is 0 Å². The number of halogens is 1. The summed E-state index contributed by atoms with van der Waals surface area (Å²) in [6.45, 7) is 4.28. The second-order valence-corrected chi connectivity index (χ2v) is 8.43. The van der Waals surface area contributed by atoms with E-state index in [4.69, 9.17) is 16.3 Å². The van der Waals surface area contributed by atoms with Crippen molar-refractivity contribution in [2.24, 2.45) is 0 Å². The van der Waals surface area contributed by atoms with Crippen molar-refractivity contribution in [1.82, 2.24) is 9.88 Å². The molecule has 0 radical (unpaired) electrons. The van der Waals surface area contributed by atoms with Crippen LogP contribution in [0, 0.1) is 6.92 Å². The first-order valence-electron chi connectivity index (χ1n) is 11.2. The van der Waals surface area contributed by atoms with Gasteiger partial charge in [0.25, 0.3) is 0 Å². The molecule has 2 heterocycles. The lowest BCUT2D eigenvalue weighted by Crippen LogP contribution is -2.50. The summed E-state index contributed by atoms with van der Waals surface area (Å²) in [5.74, 6) is 1.14. The normalized spacial score (nSPS) is 13.2. The van der Waals surface area contributed by atoms with Crippen molar-refractivity contribution >= 4 is 46.5 Å². The van der Waals surface area contributed by atoms with Crippen LogP contribution in [0.1, 0.15) is 5.56 Å². The zero-order chi connectivity index (χ0) is 24.8. The highest BCUT2D eigenvalue weighted by molar-refractivity contribution is 6.33. The fraction of sp³-hybridized carbons (Fsp3) is 0.240. The number of piperazine rings is 1. The average molecular weight is 495 g/mol. The number of nitrogens with zero attached hydrogens (tertiary/aromatic N) is 3. The van der Waals surface area contributed by atoms with E-state index in [-0.39, 0.29) is 6.03 Å². The number of urea groups is 2. The monoisotopic (exact) mass is 494 g/mol. The molecule has 3 aromatic rings. The Morgan fingerprint density at radius 2 is 1.74 bits per heavy atom. The number of methoxy groups -OCH3 is 1. The number of ether oxygens (including phenoxy) is 1. The molecule has 1 saturated heterocycles. The smallest absolute Gasteiger partial charge is 0.323 e. The van der Waals surface area contributed by atoms with Crippen molar-refractivity contribution < 1.29 is 14.3 Å². The Morgan fingerprint density at radius 1 is 0.971 bits per heavy atom. The summed E-state index contributed by atoms with van der Waals surface area (Å²) in [4.78, 5) is 33.1. The van der Waals surface area contributed by atoms with Gasteiger partial charge in [-0.05, 0) is 48.9 Å². The van der Waals surface area contributed by atoms with Gasteiger partial charge < -0.3 is 25.2 Å². The molecule has 9 nitrogen and oxygen atoms in total. The Bertz CT molecular complexity index is 1210. The molecule has 1 aliphatic heterocycles. The van der Waals surface area contributed by atoms with Gasteiger partial charge in [0, 0.05) is 38.1 Å².